The molecule has 4 nitrogen and oxygen atoms in total. The molecule has 0 spiro atoms. The number of rotatable bonds is 6. The van der Waals surface area contributed by atoms with Gasteiger partial charge in [0.15, 0.2) is 0 Å². The smallest absolute Gasteiger partial charge is 0.339 e. The zero-order chi connectivity index (χ0) is 13.1. The Balaban J connectivity index is -0.000000218. The summed E-state index contributed by atoms with van der Waals surface area (Å²) in [6, 6.07) is 0. The van der Waals surface area contributed by atoms with E-state index in [1.165, 1.54) is 0 Å². The molecule has 0 amide bonds. The van der Waals surface area contributed by atoms with Crippen LogP contribution in [0.25, 0.3) is 0 Å². The molecule has 0 saturated carbocycles. The van der Waals surface area contributed by atoms with Crippen molar-refractivity contribution in [1.82, 2.24) is 0 Å². The maximum absolute atomic E-state index is 10.4. The fourth-order valence-electron chi connectivity index (χ4n) is 0.690. The quantitative estimate of drug-likeness (QED) is 0.482. The molecule has 0 aromatic heterocycles. The summed E-state index contributed by atoms with van der Waals surface area (Å²) in [5.41, 5.74) is 0. The second-order valence-corrected chi connectivity index (χ2v) is 3.22. The van der Waals surface area contributed by atoms with Gasteiger partial charge in [-0.1, -0.05) is 13.8 Å². The molecule has 0 aromatic rings. The molecule has 0 rings (SSSR count). The average molecular weight is 421 g/mol. The van der Waals surface area contributed by atoms with Crippen molar-refractivity contribution in [2.45, 2.75) is 39.5 Å². The Morgan fingerprint density at radius 1 is 0.765 bits per heavy atom. The summed E-state index contributed by atoms with van der Waals surface area (Å²) >= 11 is 0. The minimum atomic E-state index is -0.295. The number of hydrogen-bond acceptors (Lipinski definition) is 4. The Hall–Kier alpha value is -0.892. The Morgan fingerprint density at radius 2 is 1.00 bits per heavy atom. The van der Waals surface area contributed by atoms with Gasteiger partial charge in [-0.05, 0) is 0 Å². The van der Waals surface area contributed by atoms with Crippen LogP contribution in [0.4, 0.5) is 0 Å². The minimum Gasteiger partial charge on any atom is -0.339 e. The van der Waals surface area contributed by atoms with Crippen LogP contribution in [0, 0.1) is 13.8 Å². The van der Waals surface area contributed by atoms with Gasteiger partial charge >= 0.3 is 21.1 Å². The van der Waals surface area contributed by atoms with Crippen molar-refractivity contribution < 1.29 is 40.2 Å². The van der Waals surface area contributed by atoms with Gasteiger partial charge < -0.3 is 23.4 Å². The van der Waals surface area contributed by atoms with Gasteiger partial charge in [0.05, 0.1) is 0 Å². The van der Waals surface area contributed by atoms with Crippen molar-refractivity contribution in [3.05, 3.63) is 13.8 Å². The van der Waals surface area contributed by atoms with E-state index in [1.54, 1.807) is 13.8 Å². The first kappa shape index (κ1) is 21.4. The van der Waals surface area contributed by atoms with Crippen LogP contribution >= 0.6 is 0 Å². The third-order valence-electron chi connectivity index (χ3n) is 1.58. The van der Waals surface area contributed by atoms with Crippen LogP contribution in [-0.4, -0.2) is 23.1 Å². The molecule has 0 bridgehead atoms. The molecule has 0 aliphatic rings. The Bertz CT molecular complexity index is 244. The van der Waals surface area contributed by atoms with Crippen LogP contribution in [0.15, 0.2) is 0 Å². The van der Waals surface area contributed by atoms with Gasteiger partial charge in [0.25, 0.3) is 0 Å². The van der Waals surface area contributed by atoms with Crippen LogP contribution < -0.4 is 0 Å². The fraction of sp³-hybridized carbons (Fsp3) is 0.500. The first-order valence-electron chi connectivity index (χ1n) is 5.06. The van der Waals surface area contributed by atoms with Gasteiger partial charge in [0.2, 0.25) is 0 Å². The number of carbonyl (C=O) groups excluding carboxylic acids is 4. The summed E-state index contributed by atoms with van der Waals surface area (Å²) in [5, 5.41) is 0. The zero-order valence-corrected chi connectivity index (χ0v) is 12.5. The van der Waals surface area contributed by atoms with Gasteiger partial charge in [-0.25, -0.2) is 0 Å². The molecule has 0 fully saturated rings. The van der Waals surface area contributed by atoms with Gasteiger partial charge in [-0.15, -0.1) is 0 Å². The second kappa shape index (κ2) is 13.2. The molecule has 0 saturated heterocycles. The van der Waals surface area contributed by atoms with E-state index in [2.05, 4.69) is 13.8 Å². The van der Waals surface area contributed by atoms with Gasteiger partial charge in [0.1, 0.15) is 11.6 Å². The fourth-order valence-corrected chi connectivity index (χ4v) is 0.690. The molecule has 5 heteroatoms. The molecule has 17 heavy (non-hydrogen) atoms. The van der Waals surface area contributed by atoms with Gasteiger partial charge in [0, 0.05) is 37.2 Å². The van der Waals surface area contributed by atoms with E-state index in [9.17, 15) is 19.2 Å². The maximum atomic E-state index is 10.4. The molecule has 0 N–H and O–H groups in total. The van der Waals surface area contributed by atoms with Crippen molar-refractivity contribution in [3.8, 4) is 0 Å². The summed E-state index contributed by atoms with van der Waals surface area (Å²) in [6.07, 6.45) is 0.857. The third-order valence-corrected chi connectivity index (χ3v) is 1.58. The minimum absolute atomic E-state index is 0. The standard InChI is InChI=1S/2C6H9O2.Pt/c2*1-3-6(8)4-5(2)7;/h2*2-4H2,1H3;/q2*-1;+2. The molecule has 100 valence electrons. The summed E-state index contributed by atoms with van der Waals surface area (Å²) in [6.45, 7) is 9.59. The first-order valence-corrected chi connectivity index (χ1v) is 5.06. The van der Waals surface area contributed by atoms with Crippen LogP contribution in [-0.2, 0) is 40.2 Å². The van der Waals surface area contributed by atoms with Crippen molar-refractivity contribution >= 4 is 23.1 Å². The van der Waals surface area contributed by atoms with E-state index in [0.717, 1.165) is 0 Å². The van der Waals surface area contributed by atoms with Gasteiger partial charge in [-0.2, -0.15) is 0 Å². The molecule has 0 aliphatic heterocycles. The van der Waals surface area contributed by atoms with Crippen LogP contribution in [0.1, 0.15) is 39.5 Å². The van der Waals surface area contributed by atoms with Crippen LogP contribution in [0.5, 0.6) is 0 Å². The third kappa shape index (κ3) is 21.0. The van der Waals surface area contributed by atoms with Crippen molar-refractivity contribution in [3.63, 3.8) is 0 Å². The Labute approximate surface area is 117 Å². The van der Waals surface area contributed by atoms with E-state index >= 15 is 0 Å². The van der Waals surface area contributed by atoms with Gasteiger partial charge in [-0.3, -0.25) is 9.59 Å². The number of hydrogen-bond donors (Lipinski definition) is 0. The number of ketones is 4. The molecular formula is C12H18O4Pt. The van der Waals surface area contributed by atoms with E-state index in [-0.39, 0.29) is 57.0 Å². The number of carbonyl (C=O) groups is 4. The largest absolute Gasteiger partial charge is 2.00 e. The van der Waals surface area contributed by atoms with E-state index in [4.69, 9.17) is 0 Å². The maximum Gasteiger partial charge on any atom is 2.00 e. The molecule has 0 aliphatic carbocycles. The van der Waals surface area contributed by atoms with Crippen LogP contribution in [0.2, 0.25) is 0 Å². The zero-order valence-electron chi connectivity index (χ0n) is 10.2. The van der Waals surface area contributed by atoms with Crippen molar-refractivity contribution in [2.24, 2.45) is 0 Å². The summed E-state index contributed by atoms with van der Waals surface area (Å²) in [4.78, 5) is 40.9. The SMILES string of the molecule is [CH2-]C(=O)CC(=O)CC.[CH2-]C(=O)CC(=O)CC.[Pt+2]. The molecule has 0 aromatic carbocycles. The summed E-state index contributed by atoms with van der Waals surface area (Å²) in [5.74, 6) is -0.663. The predicted molar refractivity (Wildman–Crippen MR) is 60.6 cm³/mol. The van der Waals surface area contributed by atoms with E-state index < -0.39 is 0 Å². The monoisotopic (exact) mass is 421 g/mol. The average Bonchev–Trinajstić information content (AvgIpc) is 2.16. The topological polar surface area (TPSA) is 68.3 Å². The van der Waals surface area contributed by atoms with Crippen LogP contribution in [0.3, 0.4) is 0 Å². The second-order valence-electron chi connectivity index (χ2n) is 3.22. The summed E-state index contributed by atoms with van der Waals surface area (Å²) in [7, 11) is 0. The first-order chi connectivity index (χ1) is 7.33. The van der Waals surface area contributed by atoms with E-state index in [1.807, 2.05) is 0 Å². The van der Waals surface area contributed by atoms with Crippen molar-refractivity contribution in [1.29, 1.82) is 0 Å². The molecule has 0 atom stereocenters. The van der Waals surface area contributed by atoms with Crippen molar-refractivity contribution in [2.75, 3.05) is 0 Å². The molecule has 0 radical (unpaired) electrons. The summed E-state index contributed by atoms with van der Waals surface area (Å²) < 4.78 is 0. The normalized spacial score (nSPS) is 8.12. The van der Waals surface area contributed by atoms with E-state index in [0.29, 0.717) is 12.8 Å². The molecular weight excluding hydrogens is 403 g/mol. The molecule has 0 unspecified atom stereocenters. The molecule has 0 heterocycles. The Kier molecular flexibility index (Phi) is 16.6. The predicted octanol–water partition coefficient (Wildman–Crippen LogP) is 1.52. The Morgan fingerprint density at radius 3 is 1.06 bits per heavy atom. The number of Topliss-reactive ketones (excluding diaryl/α,β-unsaturated/α-hetero) is 4.